The summed E-state index contributed by atoms with van der Waals surface area (Å²) in [5.74, 6) is 0.400. The maximum Gasteiger partial charge on any atom is 0.504 e. The monoisotopic (exact) mass is 400 g/mol. The molecular weight excluding hydrogens is 381 g/mol. The van der Waals surface area contributed by atoms with Crippen LogP contribution in [0.1, 0.15) is 13.2 Å². The molecule has 2 aromatic rings. The Kier molecular flexibility index (Phi) is 4.52. The Labute approximate surface area is 155 Å². The molecule has 2 aliphatic rings. The lowest BCUT2D eigenvalue weighted by atomic mass is 10.0. The third kappa shape index (κ3) is 2.74. The first-order valence-electron chi connectivity index (χ1n) is 8.09. The third-order valence-electron chi connectivity index (χ3n) is 4.46. The van der Waals surface area contributed by atoms with Crippen LogP contribution < -0.4 is 10.5 Å². The van der Waals surface area contributed by atoms with Crippen LogP contribution in [0.15, 0.2) is 6.33 Å². The summed E-state index contributed by atoms with van der Waals surface area (Å²) in [6.45, 7) is 4.23. The fourth-order valence-electron chi connectivity index (χ4n) is 3.27. The number of thiol groups is 1. The van der Waals surface area contributed by atoms with Crippen LogP contribution in [-0.4, -0.2) is 63.0 Å². The molecular formula is C14H19N5O5PS+. The average molecular weight is 400 g/mol. The Morgan fingerprint density at radius 3 is 3.08 bits per heavy atom. The zero-order valence-electron chi connectivity index (χ0n) is 14.2. The summed E-state index contributed by atoms with van der Waals surface area (Å²) in [6.07, 6.45) is 0.741. The van der Waals surface area contributed by atoms with Gasteiger partial charge in [-0.25, -0.2) is 4.98 Å². The highest BCUT2D eigenvalue weighted by molar-refractivity contribution is 7.81. The highest BCUT2D eigenvalue weighted by Crippen LogP contribution is 2.49. The molecule has 1 unspecified atom stereocenters. The van der Waals surface area contributed by atoms with E-state index in [2.05, 4.69) is 27.6 Å². The summed E-state index contributed by atoms with van der Waals surface area (Å²) in [6, 6.07) is 0. The van der Waals surface area contributed by atoms with Gasteiger partial charge in [0.25, 0.3) is 0 Å². The van der Waals surface area contributed by atoms with E-state index in [1.807, 2.05) is 6.92 Å². The Morgan fingerprint density at radius 1 is 1.54 bits per heavy atom. The number of nitrogens with two attached hydrogens (primary N) is 1. The van der Waals surface area contributed by atoms with E-state index in [4.69, 9.17) is 24.5 Å². The Balaban J connectivity index is 1.70. The van der Waals surface area contributed by atoms with Crippen molar-refractivity contribution in [3.8, 4) is 5.88 Å². The molecule has 12 heteroatoms. The molecule has 2 aromatic heterocycles. The largest absolute Gasteiger partial charge is 0.504 e. The minimum atomic E-state index is -1.75. The van der Waals surface area contributed by atoms with Gasteiger partial charge in [0.1, 0.15) is 18.3 Å². The van der Waals surface area contributed by atoms with E-state index >= 15 is 0 Å². The molecule has 2 N–H and O–H groups in total. The molecule has 0 saturated carbocycles. The van der Waals surface area contributed by atoms with Gasteiger partial charge < -0.3 is 19.9 Å². The normalized spacial score (nSPS) is 30.9. The van der Waals surface area contributed by atoms with Crippen LogP contribution in [0.2, 0.25) is 0 Å². The number of ether oxygens (including phenoxy) is 3. The van der Waals surface area contributed by atoms with Crippen LogP contribution >= 0.6 is 20.7 Å². The maximum atomic E-state index is 11.3. The summed E-state index contributed by atoms with van der Waals surface area (Å²) in [7, 11) is -1.75. The first kappa shape index (κ1) is 17.9. The molecule has 10 nitrogen and oxygen atoms in total. The number of hydrogen-bond acceptors (Lipinski definition) is 10. The summed E-state index contributed by atoms with van der Waals surface area (Å²) in [5, 5.41) is -0.245. The van der Waals surface area contributed by atoms with Crippen molar-refractivity contribution < 1.29 is 23.3 Å². The number of aromatic nitrogens is 4. The minimum Gasteiger partial charge on any atom is -0.476 e. The zero-order valence-corrected chi connectivity index (χ0v) is 16.0. The molecule has 0 spiro atoms. The zero-order chi connectivity index (χ0) is 18.5. The number of imidazole rings is 1. The van der Waals surface area contributed by atoms with E-state index in [0.717, 1.165) is 0 Å². The minimum absolute atomic E-state index is 0.0789. The van der Waals surface area contributed by atoms with Gasteiger partial charge in [-0.2, -0.15) is 22.6 Å². The number of rotatable bonds is 6. The van der Waals surface area contributed by atoms with E-state index in [-0.39, 0.29) is 23.9 Å². The quantitative estimate of drug-likeness (QED) is 0.543. The number of hydrogen-bond donors (Lipinski definition) is 2. The van der Waals surface area contributed by atoms with Gasteiger partial charge in [-0.15, -0.1) is 4.52 Å². The smallest absolute Gasteiger partial charge is 0.476 e. The molecule has 4 heterocycles. The molecule has 2 aliphatic heterocycles. The van der Waals surface area contributed by atoms with Gasteiger partial charge in [-0.3, -0.25) is 4.57 Å². The second kappa shape index (κ2) is 6.58. The summed E-state index contributed by atoms with van der Waals surface area (Å²) >= 11 is 4.65. The molecule has 2 bridgehead atoms. The van der Waals surface area contributed by atoms with Gasteiger partial charge in [0.05, 0.1) is 24.8 Å². The van der Waals surface area contributed by atoms with Crippen LogP contribution in [0.4, 0.5) is 5.95 Å². The first-order chi connectivity index (χ1) is 12.4. The molecule has 2 saturated heterocycles. The summed E-state index contributed by atoms with van der Waals surface area (Å²) < 4.78 is 36.0. The molecule has 140 valence electrons. The fourth-order valence-corrected chi connectivity index (χ4v) is 4.11. The van der Waals surface area contributed by atoms with Gasteiger partial charge in [0.2, 0.25) is 11.8 Å². The molecule has 0 radical (unpaired) electrons. The van der Waals surface area contributed by atoms with Crippen molar-refractivity contribution in [2.24, 2.45) is 0 Å². The van der Waals surface area contributed by atoms with E-state index in [9.17, 15) is 4.57 Å². The summed E-state index contributed by atoms with van der Waals surface area (Å²) in [5.41, 5.74) is 6.01. The maximum absolute atomic E-state index is 11.3. The van der Waals surface area contributed by atoms with Gasteiger partial charge >= 0.3 is 8.03 Å². The van der Waals surface area contributed by atoms with E-state index in [1.54, 1.807) is 10.9 Å². The lowest BCUT2D eigenvalue weighted by molar-refractivity contribution is -0.179. The second-order valence-electron chi connectivity index (χ2n) is 6.15. The molecule has 0 amide bonds. The Hall–Kier alpha value is -1.52. The molecule has 4 rings (SSSR count). The van der Waals surface area contributed by atoms with E-state index < -0.39 is 19.9 Å². The van der Waals surface area contributed by atoms with Crippen LogP contribution in [-0.2, 0) is 18.6 Å². The van der Waals surface area contributed by atoms with Crippen LogP contribution in [0, 0.1) is 0 Å². The Bertz CT molecular complexity index is 866. The molecule has 0 aromatic carbocycles. The average Bonchev–Trinajstić information content (AvgIpc) is 3.23. The van der Waals surface area contributed by atoms with Crippen molar-refractivity contribution in [2.75, 3.05) is 32.2 Å². The topological polar surface area (TPSA) is 124 Å². The van der Waals surface area contributed by atoms with Crippen LogP contribution in [0.3, 0.4) is 0 Å². The van der Waals surface area contributed by atoms with E-state index in [0.29, 0.717) is 30.3 Å². The number of nitrogen functional groups attached to an aromatic ring is 1. The van der Waals surface area contributed by atoms with Crippen molar-refractivity contribution in [3.63, 3.8) is 0 Å². The van der Waals surface area contributed by atoms with Crippen molar-refractivity contribution in [3.05, 3.63) is 6.33 Å². The second-order valence-corrected chi connectivity index (χ2v) is 7.84. The third-order valence-corrected chi connectivity index (χ3v) is 5.72. The van der Waals surface area contributed by atoms with Gasteiger partial charge in [-0.1, -0.05) is 0 Å². The SMILES string of the molecule is CCOc1nc(N)nc2c1ncn2[C@@H]1O[C@@]2(CO[P+](C)=O)CO[C@@H]1[C@@H]2S. The number of fused-ring (bicyclic) bond motifs is 3. The standard InChI is InChI=1S/C14H18N5O5PS/c1-3-21-11-7-10(17-13(15)18-11)19(6-16-7)12-8-9(26)14(24-12,4-22-8)5-23-25(2)20/h6,8-9,12H,3-5H2,1-2H3,(H2-,15,17,18,26)/p+1/t8-,9+,12-,14-/m1/s1. The van der Waals surface area contributed by atoms with Crippen molar-refractivity contribution >= 4 is 37.8 Å². The fraction of sp³-hybridized carbons (Fsp3) is 0.643. The highest BCUT2D eigenvalue weighted by Gasteiger charge is 2.62. The molecule has 0 aliphatic carbocycles. The van der Waals surface area contributed by atoms with Crippen LogP contribution in [0.25, 0.3) is 11.2 Å². The van der Waals surface area contributed by atoms with E-state index in [1.165, 1.54) is 6.66 Å². The lowest BCUT2D eigenvalue weighted by Gasteiger charge is -2.29. The number of anilines is 1. The predicted molar refractivity (Wildman–Crippen MR) is 95.8 cm³/mol. The van der Waals surface area contributed by atoms with Crippen molar-refractivity contribution in [1.82, 2.24) is 19.5 Å². The van der Waals surface area contributed by atoms with Gasteiger partial charge in [0, 0.05) is 0 Å². The lowest BCUT2D eigenvalue weighted by Crippen LogP contribution is -2.42. The van der Waals surface area contributed by atoms with Gasteiger partial charge in [0.15, 0.2) is 24.1 Å². The Morgan fingerprint density at radius 2 is 2.35 bits per heavy atom. The molecule has 2 fully saturated rings. The first-order valence-corrected chi connectivity index (χ1v) is 10.2. The molecule has 26 heavy (non-hydrogen) atoms. The molecule has 5 atom stereocenters. The van der Waals surface area contributed by atoms with Gasteiger partial charge in [-0.05, 0) is 11.5 Å². The predicted octanol–water partition coefficient (Wildman–Crippen LogP) is 1.16. The van der Waals surface area contributed by atoms with Crippen LogP contribution in [0.5, 0.6) is 5.88 Å². The van der Waals surface area contributed by atoms with Crippen molar-refractivity contribution in [1.29, 1.82) is 0 Å². The highest BCUT2D eigenvalue weighted by atomic mass is 32.1. The summed E-state index contributed by atoms with van der Waals surface area (Å²) in [4.78, 5) is 12.7. The van der Waals surface area contributed by atoms with Crippen molar-refractivity contribution in [2.45, 2.75) is 30.1 Å². The number of nitrogens with zero attached hydrogens (tertiary/aromatic N) is 4.